The number of hydrogen-bond acceptors (Lipinski definition) is 1. The molecule has 0 spiro atoms. The molecule has 90 valence electrons. The van der Waals surface area contributed by atoms with Crippen LogP contribution in [-0.4, -0.2) is 24.4 Å². The lowest BCUT2D eigenvalue weighted by Crippen LogP contribution is -2.23. The zero-order chi connectivity index (χ0) is 12.1. The summed E-state index contributed by atoms with van der Waals surface area (Å²) in [5.74, 6) is 1.40. The molecular formula is C14H23NO. The summed E-state index contributed by atoms with van der Waals surface area (Å²) in [6, 6.07) is 0. The number of allylic oxidation sites excluding steroid dienone is 3. The van der Waals surface area contributed by atoms with Crippen LogP contribution in [0.1, 0.15) is 33.6 Å². The van der Waals surface area contributed by atoms with Gasteiger partial charge in [-0.05, 0) is 31.6 Å². The molecule has 0 radical (unpaired) electrons. The minimum Gasteiger partial charge on any atom is -0.342 e. The molecule has 0 aromatic rings. The number of carbonyl (C=O) groups is 1. The number of amides is 1. The minimum atomic E-state index is 0.122. The van der Waals surface area contributed by atoms with Crippen molar-refractivity contribution in [3.05, 3.63) is 23.8 Å². The second-order valence-corrected chi connectivity index (χ2v) is 4.90. The first-order chi connectivity index (χ1) is 7.50. The fraction of sp³-hybridized carbons (Fsp3) is 0.643. The lowest BCUT2D eigenvalue weighted by molar-refractivity contribution is -0.127. The van der Waals surface area contributed by atoms with Crippen LogP contribution in [0.3, 0.4) is 0 Å². The average molecular weight is 221 g/mol. The van der Waals surface area contributed by atoms with E-state index in [0.29, 0.717) is 11.8 Å². The Morgan fingerprint density at radius 2 is 2.31 bits per heavy atom. The molecule has 16 heavy (non-hydrogen) atoms. The van der Waals surface area contributed by atoms with Crippen LogP contribution >= 0.6 is 0 Å². The van der Waals surface area contributed by atoms with Crippen LogP contribution in [0.2, 0.25) is 0 Å². The number of rotatable bonds is 3. The zero-order valence-corrected chi connectivity index (χ0v) is 10.9. The topological polar surface area (TPSA) is 20.3 Å². The van der Waals surface area contributed by atoms with Gasteiger partial charge in [-0.1, -0.05) is 30.7 Å². The summed E-state index contributed by atoms with van der Waals surface area (Å²) in [6.45, 7) is 6.80. The maximum absolute atomic E-state index is 11.0. The molecule has 0 N–H and O–H groups in total. The highest BCUT2D eigenvalue weighted by Crippen LogP contribution is 2.29. The first kappa shape index (κ1) is 13.0. The molecule has 0 aromatic carbocycles. The van der Waals surface area contributed by atoms with Crippen LogP contribution in [0.5, 0.6) is 0 Å². The van der Waals surface area contributed by atoms with E-state index in [2.05, 4.69) is 32.1 Å². The van der Waals surface area contributed by atoms with E-state index in [9.17, 15) is 4.79 Å². The molecule has 1 aliphatic rings. The van der Waals surface area contributed by atoms with E-state index >= 15 is 0 Å². The lowest BCUT2D eigenvalue weighted by atomic mass is 9.82. The molecule has 0 saturated heterocycles. The summed E-state index contributed by atoms with van der Waals surface area (Å²) in [5.41, 5.74) is 1.51. The van der Waals surface area contributed by atoms with Gasteiger partial charge < -0.3 is 4.90 Å². The van der Waals surface area contributed by atoms with E-state index in [4.69, 9.17) is 0 Å². The maximum Gasteiger partial charge on any atom is 0.219 e. The Labute approximate surface area is 99.0 Å². The van der Waals surface area contributed by atoms with Crippen molar-refractivity contribution in [3.63, 3.8) is 0 Å². The van der Waals surface area contributed by atoms with Gasteiger partial charge in [0.15, 0.2) is 0 Å². The van der Waals surface area contributed by atoms with Crippen molar-refractivity contribution >= 4 is 5.91 Å². The van der Waals surface area contributed by atoms with E-state index in [-0.39, 0.29) is 5.91 Å². The van der Waals surface area contributed by atoms with Gasteiger partial charge >= 0.3 is 0 Å². The molecular weight excluding hydrogens is 198 g/mol. The fourth-order valence-electron chi connectivity index (χ4n) is 2.11. The Morgan fingerprint density at radius 3 is 2.88 bits per heavy atom. The summed E-state index contributed by atoms with van der Waals surface area (Å²) in [4.78, 5) is 12.7. The van der Waals surface area contributed by atoms with Crippen molar-refractivity contribution in [1.82, 2.24) is 4.90 Å². The molecule has 2 heteroatoms. The van der Waals surface area contributed by atoms with Crippen molar-refractivity contribution in [2.24, 2.45) is 11.8 Å². The average Bonchev–Trinajstić information content (AvgIpc) is 2.20. The summed E-state index contributed by atoms with van der Waals surface area (Å²) in [6.07, 6.45) is 9.21. The molecule has 0 bridgehead atoms. The molecule has 2 nitrogen and oxygen atoms in total. The highest BCUT2D eigenvalue weighted by Gasteiger charge is 2.16. The van der Waals surface area contributed by atoms with Gasteiger partial charge in [-0.15, -0.1) is 0 Å². The van der Waals surface area contributed by atoms with Crippen LogP contribution in [-0.2, 0) is 4.79 Å². The van der Waals surface area contributed by atoms with Crippen molar-refractivity contribution in [3.8, 4) is 0 Å². The van der Waals surface area contributed by atoms with Crippen LogP contribution in [0.15, 0.2) is 23.8 Å². The second-order valence-electron chi connectivity index (χ2n) is 4.90. The van der Waals surface area contributed by atoms with Crippen LogP contribution in [0.4, 0.5) is 0 Å². The van der Waals surface area contributed by atoms with Gasteiger partial charge in [0, 0.05) is 20.5 Å². The predicted octanol–water partition coefficient (Wildman–Crippen LogP) is 3.01. The lowest BCUT2D eigenvalue weighted by Gasteiger charge is -2.24. The first-order valence-electron chi connectivity index (χ1n) is 6.06. The highest BCUT2D eigenvalue weighted by atomic mass is 16.2. The number of hydrogen-bond donors (Lipinski definition) is 0. The van der Waals surface area contributed by atoms with Crippen LogP contribution in [0, 0.1) is 11.8 Å². The monoisotopic (exact) mass is 221 g/mol. The molecule has 2 atom stereocenters. The fourth-order valence-corrected chi connectivity index (χ4v) is 2.11. The predicted molar refractivity (Wildman–Crippen MR) is 68.1 cm³/mol. The van der Waals surface area contributed by atoms with Crippen LogP contribution < -0.4 is 0 Å². The molecule has 1 amide bonds. The minimum absolute atomic E-state index is 0.122. The Kier molecular flexibility index (Phi) is 4.78. The van der Waals surface area contributed by atoms with E-state index in [0.717, 1.165) is 6.54 Å². The smallest absolute Gasteiger partial charge is 0.219 e. The SMILES string of the molecule is CC(=O)N(C)C/C=C/C1CCC(C)=CC1C. The quantitative estimate of drug-likeness (QED) is 0.671. The molecule has 0 saturated carbocycles. The summed E-state index contributed by atoms with van der Waals surface area (Å²) >= 11 is 0. The van der Waals surface area contributed by atoms with Crippen molar-refractivity contribution < 1.29 is 4.79 Å². The van der Waals surface area contributed by atoms with Gasteiger partial charge in [-0.2, -0.15) is 0 Å². The molecule has 0 heterocycles. The molecule has 1 rings (SSSR count). The molecule has 2 unspecified atom stereocenters. The standard InChI is InChI=1S/C14H23NO/c1-11-7-8-14(12(2)10-11)6-5-9-15(4)13(3)16/h5-6,10,12,14H,7-9H2,1-4H3/b6-5+. The Morgan fingerprint density at radius 1 is 1.62 bits per heavy atom. The first-order valence-corrected chi connectivity index (χ1v) is 6.06. The van der Waals surface area contributed by atoms with Gasteiger partial charge in [0.2, 0.25) is 5.91 Å². The third kappa shape index (κ3) is 3.84. The number of likely N-dealkylation sites (N-methyl/N-ethyl adjacent to an activating group) is 1. The van der Waals surface area contributed by atoms with E-state index in [1.54, 1.807) is 11.8 Å². The third-order valence-electron chi connectivity index (χ3n) is 3.39. The molecule has 1 aliphatic carbocycles. The highest BCUT2D eigenvalue weighted by molar-refractivity contribution is 5.72. The van der Waals surface area contributed by atoms with Gasteiger partial charge in [-0.3, -0.25) is 4.79 Å². The van der Waals surface area contributed by atoms with Crippen molar-refractivity contribution in [1.29, 1.82) is 0 Å². The van der Waals surface area contributed by atoms with Crippen molar-refractivity contribution in [2.45, 2.75) is 33.6 Å². The summed E-state index contributed by atoms with van der Waals surface area (Å²) < 4.78 is 0. The zero-order valence-electron chi connectivity index (χ0n) is 10.9. The Hall–Kier alpha value is -1.05. The van der Waals surface area contributed by atoms with Gasteiger partial charge in [-0.25, -0.2) is 0 Å². The second kappa shape index (κ2) is 5.88. The van der Waals surface area contributed by atoms with Gasteiger partial charge in [0.05, 0.1) is 0 Å². The molecule has 0 aliphatic heterocycles. The molecule has 0 aromatic heterocycles. The summed E-state index contributed by atoms with van der Waals surface area (Å²) in [5, 5.41) is 0. The normalized spacial score (nSPS) is 25.6. The van der Waals surface area contributed by atoms with Crippen molar-refractivity contribution in [2.75, 3.05) is 13.6 Å². The molecule has 0 fully saturated rings. The Bertz CT molecular complexity index is 304. The third-order valence-corrected chi connectivity index (χ3v) is 3.39. The summed E-state index contributed by atoms with van der Waals surface area (Å²) in [7, 11) is 1.83. The Balaban J connectivity index is 2.43. The van der Waals surface area contributed by atoms with Crippen LogP contribution in [0.25, 0.3) is 0 Å². The van der Waals surface area contributed by atoms with Gasteiger partial charge in [0.25, 0.3) is 0 Å². The van der Waals surface area contributed by atoms with E-state index in [1.165, 1.54) is 18.4 Å². The van der Waals surface area contributed by atoms with E-state index < -0.39 is 0 Å². The van der Waals surface area contributed by atoms with E-state index in [1.807, 2.05) is 7.05 Å². The maximum atomic E-state index is 11.0. The van der Waals surface area contributed by atoms with Gasteiger partial charge in [0.1, 0.15) is 0 Å². The number of nitrogens with zero attached hydrogens (tertiary/aromatic N) is 1. The number of carbonyl (C=O) groups excluding carboxylic acids is 1. The largest absolute Gasteiger partial charge is 0.342 e.